The molecule has 25 heavy (non-hydrogen) atoms. The average Bonchev–Trinajstić information content (AvgIpc) is 3.33. The topological polar surface area (TPSA) is 59.3 Å². The summed E-state index contributed by atoms with van der Waals surface area (Å²) in [6, 6.07) is 7.48. The molecule has 3 aromatic rings. The van der Waals surface area contributed by atoms with Gasteiger partial charge in [0, 0.05) is 17.7 Å². The minimum Gasteiger partial charge on any atom is -0.319 e. The van der Waals surface area contributed by atoms with Crippen molar-refractivity contribution in [3.8, 4) is 0 Å². The van der Waals surface area contributed by atoms with E-state index in [1.54, 1.807) is 22.8 Å². The zero-order valence-corrected chi connectivity index (χ0v) is 12.9. The summed E-state index contributed by atoms with van der Waals surface area (Å²) in [6.07, 6.45) is -0.572. The van der Waals surface area contributed by atoms with E-state index in [0.717, 1.165) is 42.9 Å². The van der Waals surface area contributed by atoms with E-state index in [2.05, 4.69) is 15.4 Å². The number of pyridine rings is 1. The Bertz CT molecular complexity index is 943. The van der Waals surface area contributed by atoms with Gasteiger partial charge in [-0.3, -0.25) is 4.79 Å². The number of anilines is 1. The molecule has 0 radical (unpaired) electrons. The van der Waals surface area contributed by atoms with Crippen LogP contribution in [0.5, 0.6) is 0 Å². The van der Waals surface area contributed by atoms with Crippen molar-refractivity contribution in [3.63, 3.8) is 0 Å². The fourth-order valence-electron chi connectivity index (χ4n) is 2.54. The third-order valence-corrected chi connectivity index (χ3v) is 4.04. The Hall–Kier alpha value is -2.90. The maximum atomic E-state index is 12.6. The summed E-state index contributed by atoms with van der Waals surface area (Å²) in [6.45, 7) is 0. The monoisotopic (exact) mass is 346 g/mol. The molecule has 8 heteroatoms. The highest BCUT2D eigenvalue weighted by Crippen LogP contribution is 2.38. The maximum Gasteiger partial charge on any atom is 0.416 e. The predicted octanol–water partition coefficient (Wildman–Crippen LogP) is 3.88. The molecule has 1 N–H and O–H groups in total. The third-order valence-electron chi connectivity index (χ3n) is 4.04. The summed E-state index contributed by atoms with van der Waals surface area (Å²) < 4.78 is 39.4. The summed E-state index contributed by atoms with van der Waals surface area (Å²) in [4.78, 5) is 16.8. The number of nitrogens with zero attached hydrogens (tertiary/aromatic N) is 3. The zero-order valence-electron chi connectivity index (χ0n) is 12.9. The molecule has 0 saturated heterocycles. The first-order valence-corrected chi connectivity index (χ1v) is 7.76. The summed E-state index contributed by atoms with van der Waals surface area (Å²) in [5.41, 5.74) is 0.325. The number of aromatic nitrogens is 3. The molecule has 0 spiro atoms. The van der Waals surface area contributed by atoms with Gasteiger partial charge < -0.3 is 5.32 Å². The van der Waals surface area contributed by atoms with Crippen LogP contribution in [-0.4, -0.2) is 20.5 Å². The van der Waals surface area contributed by atoms with Crippen LogP contribution in [0, 0.1) is 0 Å². The summed E-state index contributed by atoms with van der Waals surface area (Å²) in [7, 11) is 0. The molecule has 1 fully saturated rings. The van der Waals surface area contributed by atoms with Crippen LogP contribution < -0.4 is 5.32 Å². The van der Waals surface area contributed by atoms with Crippen molar-refractivity contribution < 1.29 is 18.0 Å². The molecule has 1 saturated carbocycles. The average molecular weight is 346 g/mol. The lowest BCUT2D eigenvalue weighted by Gasteiger charge is -2.08. The van der Waals surface area contributed by atoms with Crippen LogP contribution in [0.3, 0.4) is 0 Å². The number of halogens is 3. The number of nitrogens with one attached hydrogen (secondary N) is 1. The zero-order chi connectivity index (χ0) is 17.6. The van der Waals surface area contributed by atoms with E-state index in [4.69, 9.17) is 0 Å². The number of hydrogen-bond donors (Lipinski definition) is 1. The molecule has 1 amide bonds. The van der Waals surface area contributed by atoms with E-state index in [0.29, 0.717) is 17.3 Å². The first-order chi connectivity index (χ1) is 11.9. The Labute approximate surface area is 140 Å². The molecule has 0 atom stereocenters. The largest absolute Gasteiger partial charge is 0.416 e. The van der Waals surface area contributed by atoms with Crippen molar-refractivity contribution in [2.75, 3.05) is 5.32 Å². The second-order valence-electron chi connectivity index (χ2n) is 5.96. The highest BCUT2D eigenvalue weighted by Gasteiger charge is 2.30. The van der Waals surface area contributed by atoms with E-state index in [-0.39, 0.29) is 5.56 Å². The number of hydrogen-bond acceptors (Lipinski definition) is 3. The molecule has 5 nitrogen and oxygen atoms in total. The van der Waals surface area contributed by atoms with Crippen molar-refractivity contribution in [2.24, 2.45) is 0 Å². The van der Waals surface area contributed by atoms with Gasteiger partial charge in [-0.15, -0.1) is 0 Å². The van der Waals surface area contributed by atoms with Gasteiger partial charge in [0.1, 0.15) is 0 Å². The minimum atomic E-state index is -4.43. The molecule has 2 heterocycles. The fourth-order valence-corrected chi connectivity index (χ4v) is 2.54. The highest BCUT2D eigenvalue weighted by atomic mass is 19.4. The lowest BCUT2D eigenvalue weighted by atomic mass is 10.1. The molecule has 1 aromatic carbocycles. The van der Waals surface area contributed by atoms with Gasteiger partial charge in [-0.2, -0.15) is 18.3 Å². The van der Waals surface area contributed by atoms with E-state index < -0.39 is 17.6 Å². The van der Waals surface area contributed by atoms with Crippen molar-refractivity contribution in [3.05, 3.63) is 59.5 Å². The van der Waals surface area contributed by atoms with Crippen LogP contribution in [0.15, 0.2) is 42.6 Å². The Morgan fingerprint density at radius 1 is 1.16 bits per heavy atom. The number of carbonyl (C=O) groups excluding carboxylic acids is 1. The quantitative estimate of drug-likeness (QED) is 0.783. The Kier molecular flexibility index (Phi) is 3.48. The number of rotatable bonds is 3. The van der Waals surface area contributed by atoms with Crippen LogP contribution in [0.25, 0.3) is 5.65 Å². The Morgan fingerprint density at radius 2 is 1.88 bits per heavy atom. The SMILES string of the molecule is O=C(Nc1cccn2nc(C3CC3)nc12)c1ccc(C(F)(F)F)cc1. The molecule has 1 aliphatic rings. The van der Waals surface area contributed by atoms with Gasteiger partial charge in [-0.05, 0) is 49.2 Å². The van der Waals surface area contributed by atoms with Gasteiger partial charge in [0.2, 0.25) is 0 Å². The normalized spacial score (nSPS) is 14.7. The molecule has 0 aliphatic heterocycles. The molecule has 1 aliphatic carbocycles. The summed E-state index contributed by atoms with van der Waals surface area (Å²) in [5.74, 6) is 0.618. The van der Waals surface area contributed by atoms with Gasteiger partial charge in [0.05, 0.1) is 11.3 Å². The first kappa shape index (κ1) is 15.6. The second-order valence-corrected chi connectivity index (χ2v) is 5.96. The van der Waals surface area contributed by atoms with Gasteiger partial charge in [0.25, 0.3) is 5.91 Å². The summed E-state index contributed by atoms with van der Waals surface area (Å²) in [5, 5.41) is 7.07. The fraction of sp³-hybridized carbons (Fsp3) is 0.235. The Balaban J connectivity index is 1.59. The van der Waals surface area contributed by atoms with E-state index in [9.17, 15) is 18.0 Å². The molecule has 0 unspecified atom stereocenters. The van der Waals surface area contributed by atoms with Crippen molar-refractivity contribution in [1.29, 1.82) is 0 Å². The third kappa shape index (κ3) is 3.07. The number of alkyl halides is 3. The van der Waals surface area contributed by atoms with Crippen molar-refractivity contribution in [2.45, 2.75) is 24.9 Å². The number of fused-ring (bicyclic) bond motifs is 1. The maximum absolute atomic E-state index is 12.6. The van der Waals surface area contributed by atoms with Gasteiger partial charge >= 0.3 is 6.18 Å². The predicted molar refractivity (Wildman–Crippen MR) is 84.4 cm³/mol. The number of amides is 1. The van der Waals surface area contributed by atoms with Crippen LogP contribution in [-0.2, 0) is 6.18 Å². The highest BCUT2D eigenvalue weighted by molar-refractivity contribution is 6.05. The number of carbonyl (C=O) groups is 1. The van der Waals surface area contributed by atoms with E-state index >= 15 is 0 Å². The van der Waals surface area contributed by atoms with Crippen LogP contribution >= 0.6 is 0 Å². The van der Waals surface area contributed by atoms with Crippen LogP contribution in [0.4, 0.5) is 18.9 Å². The molecular weight excluding hydrogens is 333 g/mol. The van der Waals surface area contributed by atoms with Crippen LogP contribution in [0.1, 0.15) is 40.5 Å². The second kappa shape index (κ2) is 5.58. The lowest BCUT2D eigenvalue weighted by molar-refractivity contribution is -0.137. The van der Waals surface area contributed by atoms with Crippen LogP contribution in [0.2, 0.25) is 0 Å². The standard InChI is InChI=1S/C17H13F3N4O/c18-17(19,20)12-7-5-11(6-8-12)16(25)21-13-2-1-9-24-15(13)22-14(23-24)10-3-4-10/h1-2,5-10H,3-4H2,(H,21,25). The van der Waals surface area contributed by atoms with Crippen molar-refractivity contribution in [1.82, 2.24) is 14.6 Å². The minimum absolute atomic E-state index is 0.136. The first-order valence-electron chi connectivity index (χ1n) is 7.76. The number of benzene rings is 1. The van der Waals surface area contributed by atoms with E-state index in [1.807, 2.05) is 0 Å². The van der Waals surface area contributed by atoms with E-state index in [1.165, 1.54) is 0 Å². The molecule has 4 rings (SSSR count). The molecule has 0 bridgehead atoms. The van der Waals surface area contributed by atoms with Gasteiger partial charge in [-0.25, -0.2) is 9.50 Å². The Morgan fingerprint density at radius 3 is 2.52 bits per heavy atom. The summed E-state index contributed by atoms with van der Waals surface area (Å²) >= 11 is 0. The smallest absolute Gasteiger partial charge is 0.319 e. The molecular formula is C17H13F3N4O. The van der Waals surface area contributed by atoms with Crippen molar-refractivity contribution >= 4 is 17.2 Å². The molecule has 2 aromatic heterocycles. The molecule has 128 valence electrons. The lowest BCUT2D eigenvalue weighted by Crippen LogP contribution is -2.13. The van der Waals surface area contributed by atoms with Gasteiger partial charge in [-0.1, -0.05) is 0 Å². The van der Waals surface area contributed by atoms with Gasteiger partial charge in [0.15, 0.2) is 11.5 Å².